The van der Waals surface area contributed by atoms with E-state index in [9.17, 15) is 0 Å². The first kappa shape index (κ1) is 64.2. The minimum atomic E-state index is -2.70. The Morgan fingerprint density at radius 3 is 0.606 bits per heavy atom. The summed E-state index contributed by atoms with van der Waals surface area (Å²) in [6.45, 7) is 44.2. The quantitative estimate of drug-likeness (QED) is 0.0552. The Kier molecular flexibility index (Phi) is 38.7. The van der Waals surface area contributed by atoms with Gasteiger partial charge in [0, 0.05) is 130 Å². The van der Waals surface area contributed by atoms with Crippen LogP contribution in [-0.4, -0.2) is 213 Å². The van der Waals surface area contributed by atoms with Gasteiger partial charge in [0.15, 0.2) is 0 Å². The number of hydrogen-bond donors (Lipinski definition) is 0. The van der Waals surface area contributed by atoms with Crippen LogP contribution >= 0.6 is 0 Å². The summed E-state index contributed by atoms with van der Waals surface area (Å²) in [5, 5.41) is 0. The summed E-state index contributed by atoms with van der Waals surface area (Å²) < 4.78 is 74.4. The molecule has 0 atom stereocenters. The van der Waals surface area contributed by atoms with Crippen molar-refractivity contribution < 1.29 is 53.1 Å². The Hall–Kier alpha value is 0.228. The first-order chi connectivity index (χ1) is 32.0. The average Bonchev–Trinajstić information content (AvgIpc) is 3.28. The van der Waals surface area contributed by atoms with Gasteiger partial charge in [-0.05, 0) is 174 Å². The highest BCUT2D eigenvalue weighted by Crippen LogP contribution is 2.23. The van der Waals surface area contributed by atoms with E-state index in [0.29, 0.717) is 79.3 Å². The molecular weight excluding hydrogens is 913 g/mol. The zero-order valence-electron chi connectivity index (χ0n) is 44.7. The molecule has 1 aliphatic heterocycles. The fourth-order valence-corrected chi connectivity index (χ4v) is 19.4. The number of piperazine rings is 1. The van der Waals surface area contributed by atoms with Gasteiger partial charge in [0.1, 0.15) is 0 Å². The van der Waals surface area contributed by atoms with Gasteiger partial charge in [-0.15, -0.1) is 0 Å². The maximum Gasteiger partial charge on any atom is 0.500 e. The van der Waals surface area contributed by atoms with Gasteiger partial charge >= 0.3 is 35.2 Å². The van der Waals surface area contributed by atoms with E-state index in [4.69, 9.17) is 53.1 Å². The van der Waals surface area contributed by atoms with Crippen LogP contribution in [0.3, 0.4) is 0 Å². The van der Waals surface area contributed by atoms with Crippen LogP contribution in [0, 0.1) is 0 Å². The molecule has 0 aromatic carbocycles. The van der Waals surface area contributed by atoms with Crippen LogP contribution in [0.4, 0.5) is 0 Å². The van der Waals surface area contributed by atoms with Crippen LogP contribution in [0.15, 0.2) is 0 Å². The molecule has 0 radical (unpaired) electrons. The maximum absolute atomic E-state index is 6.20. The molecule has 20 heteroatoms. The van der Waals surface area contributed by atoms with Crippen molar-refractivity contribution in [2.24, 2.45) is 0 Å². The molecular formula is C46H104N4O12Si4. The Balaban J connectivity index is 2.89. The number of rotatable bonds is 48. The summed E-state index contributed by atoms with van der Waals surface area (Å²) in [5.41, 5.74) is 0. The van der Waals surface area contributed by atoms with Gasteiger partial charge < -0.3 is 72.7 Å². The van der Waals surface area contributed by atoms with Gasteiger partial charge in [0.05, 0.1) is 0 Å². The van der Waals surface area contributed by atoms with Crippen LogP contribution in [0.5, 0.6) is 0 Å². The largest absolute Gasteiger partial charge is 0.500 e. The van der Waals surface area contributed by atoms with Crippen molar-refractivity contribution in [3.8, 4) is 0 Å². The second-order valence-electron chi connectivity index (χ2n) is 16.4. The summed E-state index contributed by atoms with van der Waals surface area (Å²) in [6, 6.07) is 3.29. The highest BCUT2D eigenvalue weighted by Gasteiger charge is 2.43. The lowest BCUT2D eigenvalue weighted by atomic mass is 10.2. The van der Waals surface area contributed by atoms with E-state index in [2.05, 4.69) is 19.6 Å². The van der Waals surface area contributed by atoms with Gasteiger partial charge in [-0.2, -0.15) is 0 Å². The van der Waals surface area contributed by atoms with Crippen LogP contribution < -0.4 is 0 Å². The molecule has 0 unspecified atom stereocenters. The molecule has 66 heavy (non-hydrogen) atoms. The van der Waals surface area contributed by atoms with Crippen LogP contribution in [0.1, 0.15) is 122 Å². The minimum Gasteiger partial charge on any atom is -0.374 e. The number of nitrogens with zero attached hydrogens (tertiary/aromatic N) is 4. The molecule has 0 aromatic heterocycles. The normalized spacial score (nSPS) is 15.0. The third kappa shape index (κ3) is 26.6. The van der Waals surface area contributed by atoms with E-state index in [1.54, 1.807) is 0 Å². The second-order valence-corrected chi connectivity index (χ2v) is 27.3. The topological polar surface area (TPSA) is 124 Å². The summed E-state index contributed by atoms with van der Waals surface area (Å²) >= 11 is 0. The highest BCUT2D eigenvalue weighted by molar-refractivity contribution is 6.61. The molecule has 0 spiro atoms. The lowest BCUT2D eigenvalue weighted by Gasteiger charge is -2.36. The predicted molar refractivity (Wildman–Crippen MR) is 275 cm³/mol. The van der Waals surface area contributed by atoms with Gasteiger partial charge in [-0.3, -0.25) is 0 Å². The lowest BCUT2D eigenvalue weighted by Crippen LogP contribution is -2.48. The molecule has 1 heterocycles. The Labute approximate surface area is 410 Å². The standard InChI is InChI=1S/C46H104N4O12Si4/c1-13-51-63(52-14-2,53-15-3)43-27-35-47(36-28-44-64(54-16-4,55-17-5)56-18-6)31-25-33-49-39-41-50(42-40-49)34-26-32-48(37-29-45-65(57-19-7,58-20-8)59-21-9)38-30-46-66(60-22-10,61-23-11)62-24-12/h13-46H2,1-12H3. The molecule has 0 amide bonds. The van der Waals surface area contributed by atoms with Crippen molar-refractivity contribution in [1.82, 2.24) is 19.6 Å². The summed E-state index contributed by atoms with van der Waals surface area (Å²) in [4.78, 5) is 10.6. The molecule has 0 aliphatic carbocycles. The monoisotopic (exact) mass is 1020 g/mol. The highest BCUT2D eigenvalue weighted by atomic mass is 28.4. The van der Waals surface area contributed by atoms with Crippen molar-refractivity contribution in [3.05, 3.63) is 0 Å². The van der Waals surface area contributed by atoms with E-state index in [-0.39, 0.29) is 0 Å². The molecule has 0 bridgehead atoms. The molecule has 1 saturated heterocycles. The van der Waals surface area contributed by atoms with Crippen molar-refractivity contribution in [2.75, 3.05) is 158 Å². The SMILES string of the molecule is CCO[Si](CCCN(CCCN1CCN(CCCN(CCC[Si](OCC)(OCC)OCC)CCC[Si](OCC)(OCC)OCC)CC1)CCC[Si](OCC)(OCC)OCC)(OCC)OCC. The van der Waals surface area contributed by atoms with Crippen molar-refractivity contribution in [2.45, 2.75) is 146 Å². The van der Waals surface area contributed by atoms with Crippen molar-refractivity contribution >= 4 is 35.2 Å². The van der Waals surface area contributed by atoms with Gasteiger partial charge in [-0.1, -0.05) is 0 Å². The predicted octanol–water partition coefficient (Wildman–Crippen LogP) is 7.74. The van der Waals surface area contributed by atoms with Gasteiger partial charge in [0.25, 0.3) is 0 Å². The molecule has 1 rings (SSSR count). The minimum absolute atomic E-state index is 0.601. The van der Waals surface area contributed by atoms with Gasteiger partial charge in [-0.25, -0.2) is 0 Å². The van der Waals surface area contributed by atoms with Crippen molar-refractivity contribution in [3.63, 3.8) is 0 Å². The number of hydrogen-bond acceptors (Lipinski definition) is 16. The van der Waals surface area contributed by atoms with E-state index >= 15 is 0 Å². The van der Waals surface area contributed by atoms with E-state index in [0.717, 1.165) is 141 Å². The third-order valence-electron chi connectivity index (χ3n) is 11.6. The molecule has 0 aromatic rings. The lowest BCUT2D eigenvalue weighted by molar-refractivity contribution is 0.0673. The zero-order valence-corrected chi connectivity index (χ0v) is 48.7. The summed E-state index contributed by atoms with van der Waals surface area (Å²) in [7, 11) is -10.8. The smallest absolute Gasteiger partial charge is 0.374 e. The Bertz CT molecular complexity index is 898. The average molecular weight is 1020 g/mol. The first-order valence-electron chi connectivity index (χ1n) is 26.6. The molecule has 1 fully saturated rings. The van der Waals surface area contributed by atoms with Crippen LogP contribution in [0.25, 0.3) is 0 Å². The molecule has 16 nitrogen and oxygen atoms in total. The van der Waals surface area contributed by atoms with E-state index in [1.807, 2.05) is 83.1 Å². The molecule has 0 N–H and O–H groups in total. The molecule has 1 aliphatic rings. The van der Waals surface area contributed by atoms with Crippen molar-refractivity contribution in [1.29, 1.82) is 0 Å². The maximum atomic E-state index is 6.20. The summed E-state index contributed by atoms with van der Waals surface area (Å²) in [5.74, 6) is 0. The zero-order chi connectivity index (χ0) is 48.8. The molecule has 0 saturated carbocycles. The summed E-state index contributed by atoms with van der Waals surface area (Å²) in [6.07, 6.45) is 6.15. The fraction of sp³-hybridized carbons (Fsp3) is 1.00. The van der Waals surface area contributed by atoms with Crippen LogP contribution in [-0.2, 0) is 53.1 Å². The first-order valence-corrected chi connectivity index (χ1v) is 34.3. The Morgan fingerprint density at radius 2 is 0.439 bits per heavy atom. The molecule has 396 valence electrons. The van der Waals surface area contributed by atoms with Gasteiger partial charge in [0.2, 0.25) is 0 Å². The van der Waals surface area contributed by atoms with E-state index in [1.165, 1.54) is 0 Å². The van der Waals surface area contributed by atoms with Crippen LogP contribution in [0.2, 0.25) is 24.2 Å². The fourth-order valence-electron chi connectivity index (χ4n) is 9.02. The van der Waals surface area contributed by atoms with E-state index < -0.39 is 35.2 Å². The Morgan fingerprint density at radius 1 is 0.273 bits per heavy atom. The second kappa shape index (κ2) is 39.8. The third-order valence-corrected chi connectivity index (χ3v) is 24.2.